The van der Waals surface area contributed by atoms with Crippen LogP contribution in [0.5, 0.6) is 0 Å². The molecule has 1 atom stereocenters. The van der Waals surface area contributed by atoms with Gasteiger partial charge in [0.15, 0.2) is 0 Å². The lowest BCUT2D eigenvalue weighted by Crippen LogP contribution is -2.32. The molecule has 0 amide bonds. The molecule has 1 unspecified atom stereocenters. The van der Waals surface area contributed by atoms with Crippen LogP contribution < -0.4 is 10.2 Å². The Labute approximate surface area is 128 Å². The molecule has 0 radical (unpaired) electrons. The smallest absolute Gasteiger partial charge is 0.0587 e. The Hall–Kier alpha value is -0.710. The summed E-state index contributed by atoms with van der Waals surface area (Å²) in [5, 5.41) is 3.44. The highest BCUT2D eigenvalue weighted by Gasteiger charge is 2.13. The maximum absolute atomic E-state index is 5.08. The van der Waals surface area contributed by atoms with Gasteiger partial charge in [-0.2, -0.15) is 11.8 Å². The lowest BCUT2D eigenvalue weighted by Gasteiger charge is -2.29. The maximum atomic E-state index is 5.08. The number of aryl methyl sites for hydroxylation is 1. The normalized spacial score (nSPS) is 12.4. The van der Waals surface area contributed by atoms with Crippen molar-refractivity contribution in [2.24, 2.45) is 0 Å². The number of methoxy groups -OCH3 is 1. The van der Waals surface area contributed by atoms with Gasteiger partial charge in [-0.3, -0.25) is 0 Å². The SMILES string of the molecule is COCCNCc1cc(C)ccc1N(C)C(C)CSC. The number of nitrogens with one attached hydrogen (secondary N) is 1. The van der Waals surface area contributed by atoms with Crippen LogP contribution in [0.25, 0.3) is 0 Å². The molecule has 114 valence electrons. The van der Waals surface area contributed by atoms with Gasteiger partial charge in [-0.25, -0.2) is 0 Å². The molecule has 0 aliphatic heterocycles. The standard InChI is InChI=1S/C16H28N2OS/c1-13-6-7-16(18(3)14(2)12-20-5)15(10-13)11-17-8-9-19-4/h6-7,10,14,17H,8-9,11-12H2,1-5H3. The number of anilines is 1. The van der Waals surface area contributed by atoms with Crippen LogP contribution in [0.4, 0.5) is 5.69 Å². The molecule has 0 heterocycles. The minimum Gasteiger partial charge on any atom is -0.383 e. The van der Waals surface area contributed by atoms with Crippen molar-refractivity contribution in [2.75, 3.05) is 44.2 Å². The summed E-state index contributed by atoms with van der Waals surface area (Å²) < 4.78 is 5.08. The predicted molar refractivity (Wildman–Crippen MR) is 91.0 cm³/mol. The molecule has 0 aromatic heterocycles. The zero-order valence-electron chi connectivity index (χ0n) is 13.4. The van der Waals surface area contributed by atoms with E-state index in [-0.39, 0.29) is 0 Å². The Morgan fingerprint density at radius 1 is 1.40 bits per heavy atom. The van der Waals surface area contributed by atoms with Crippen LogP contribution in [0, 0.1) is 6.92 Å². The molecule has 0 spiro atoms. The highest BCUT2D eigenvalue weighted by Crippen LogP contribution is 2.23. The quantitative estimate of drug-likeness (QED) is 0.708. The van der Waals surface area contributed by atoms with Gasteiger partial charge in [0.25, 0.3) is 0 Å². The molecule has 0 fully saturated rings. The van der Waals surface area contributed by atoms with Gasteiger partial charge in [-0.05, 0) is 31.7 Å². The number of hydrogen-bond donors (Lipinski definition) is 1. The molecule has 1 aromatic carbocycles. The van der Waals surface area contributed by atoms with Gasteiger partial charge in [-0.15, -0.1) is 0 Å². The van der Waals surface area contributed by atoms with Crippen LogP contribution in [0.15, 0.2) is 18.2 Å². The van der Waals surface area contributed by atoms with Gasteiger partial charge >= 0.3 is 0 Å². The van der Waals surface area contributed by atoms with Gasteiger partial charge in [0.2, 0.25) is 0 Å². The first kappa shape index (κ1) is 17.3. The molecule has 1 N–H and O–H groups in total. The Morgan fingerprint density at radius 3 is 2.80 bits per heavy atom. The van der Waals surface area contributed by atoms with Crippen molar-refractivity contribution in [3.63, 3.8) is 0 Å². The second-order valence-electron chi connectivity index (χ2n) is 5.22. The second-order valence-corrected chi connectivity index (χ2v) is 6.13. The average Bonchev–Trinajstić information content (AvgIpc) is 2.43. The summed E-state index contributed by atoms with van der Waals surface area (Å²) in [6, 6.07) is 7.23. The lowest BCUT2D eigenvalue weighted by molar-refractivity contribution is 0.199. The van der Waals surface area contributed by atoms with Crippen molar-refractivity contribution in [3.05, 3.63) is 29.3 Å². The topological polar surface area (TPSA) is 24.5 Å². The molecule has 0 saturated carbocycles. The Kier molecular flexibility index (Phi) is 8.04. The zero-order chi connectivity index (χ0) is 15.0. The van der Waals surface area contributed by atoms with Crippen molar-refractivity contribution in [3.8, 4) is 0 Å². The molecule has 0 aliphatic rings. The third-order valence-electron chi connectivity index (χ3n) is 3.48. The number of hydrogen-bond acceptors (Lipinski definition) is 4. The van der Waals surface area contributed by atoms with Gasteiger partial charge in [-0.1, -0.05) is 17.7 Å². The third-order valence-corrected chi connectivity index (χ3v) is 4.30. The Balaban J connectivity index is 2.78. The highest BCUT2D eigenvalue weighted by atomic mass is 32.2. The summed E-state index contributed by atoms with van der Waals surface area (Å²) in [7, 11) is 3.92. The first-order chi connectivity index (χ1) is 9.60. The summed E-state index contributed by atoms with van der Waals surface area (Å²) in [6.45, 7) is 6.94. The fourth-order valence-electron chi connectivity index (χ4n) is 2.19. The van der Waals surface area contributed by atoms with Crippen molar-refractivity contribution in [1.29, 1.82) is 0 Å². The van der Waals surface area contributed by atoms with Crippen LogP contribution in [0.1, 0.15) is 18.1 Å². The number of benzene rings is 1. The van der Waals surface area contributed by atoms with E-state index in [1.165, 1.54) is 16.8 Å². The molecule has 0 saturated heterocycles. The molecule has 3 nitrogen and oxygen atoms in total. The number of nitrogens with zero attached hydrogens (tertiary/aromatic N) is 1. The molecular formula is C16H28N2OS. The van der Waals surface area contributed by atoms with E-state index in [1.807, 2.05) is 11.8 Å². The molecule has 4 heteroatoms. The summed E-state index contributed by atoms with van der Waals surface area (Å²) in [5.41, 5.74) is 3.99. The largest absolute Gasteiger partial charge is 0.383 e. The van der Waals surface area contributed by atoms with Crippen molar-refractivity contribution in [1.82, 2.24) is 5.32 Å². The van der Waals surface area contributed by atoms with E-state index in [0.717, 1.165) is 25.4 Å². The number of ether oxygens (including phenoxy) is 1. The summed E-state index contributed by atoms with van der Waals surface area (Å²) >= 11 is 1.89. The lowest BCUT2D eigenvalue weighted by atomic mass is 10.1. The monoisotopic (exact) mass is 296 g/mol. The van der Waals surface area contributed by atoms with Crippen molar-refractivity contribution in [2.45, 2.75) is 26.4 Å². The summed E-state index contributed by atoms with van der Waals surface area (Å²) in [5.74, 6) is 1.14. The van der Waals surface area contributed by atoms with Gasteiger partial charge < -0.3 is 15.0 Å². The van der Waals surface area contributed by atoms with Crippen LogP contribution in [-0.2, 0) is 11.3 Å². The molecule has 20 heavy (non-hydrogen) atoms. The van der Waals surface area contributed by atoms with E-state index in [0.29, 0.717) is 6.04 Å². The fraction of sp³-hybridized carbons (Fsp3) is 0.625. The molecule has 1 rings (SSSR count). The third kappa shape index (κ3) is 5.35. The number of thioether (sulfide) groups is 1. The van der Waals surface area contributed by atoms with E-state index < -0.39 is 0 Å². The molecular weight excluding hydrogens is 268 g/mol. The second kappa shape index (κ2) is 9.27. The van der Waals surface area contributed by atoms with Crippen LogP contribution >= 0.6 is 11.8 Å². The van der Waals surface area contributed by atoms with Gasteiger partial charge in [0, 0.05) is 44.7 Å². The predicted octanol–water partition coefficient (Wildman–Crippen LogP) is 2.92. The molecule has 1 aromatic rings. The minimum absolute atomic E-state index is 0.533. The van der Waals surface area contributed by atoms with E-state index >= 15 is 0 Å². The van der Waals surface area contributed by atoms with E-state index in [9.17, 15) is 0 Å². The molecule has 0 bridgehead atoms. The van der Waals surface area contributed by atoms with Crippen LogP contribution in [0.2, 0.25) is 0 Å². The summed E-state index contributed by atoms with van der Waals surface area (Å²) in [6.07, 6.45) is 2.16. The van der Waals surface area contributed by atoms with Crippen molar-refractivity contribution < 1.29 is 4.74 Å². The van der Waals surface area contributed by atoms with E-state index in [4.69, 9.17) is 4.74 Å². The molecule has 0 aliphatic carbocycles. The van der Waals surface area contributed by atoms with Crippen molar-refractivity contribution >= 4 is 17.4 Å². The average molecular weight is 296 g/mol. The van der Waals surface area contributed by atoms with E-state index in [1.54, 1.807) is 7.11 Å². The van der Waals surface area contributed by atoms with E-state index in [2.05, 4.69) is 55.6 Å². The van der Waals surface area contributed by atoms with Gasteiger partial charge in [0.1, 0.15) is 0 Å². The zero-order valence-corrected chi connectivity index (χ0v) is 14.2. The fourth-order valence-corrected chi connectivity index (χ4v) is 2.89. The van der Waals surface area contributed by atoms with Gasteiger partial charge in [0.05, 0.1) is 6.61 Å². The van der Waals surface area contributed by atoms with Crippen LogP contribution in [0.3, 0.4) is 0 Å². The first-order valence-corrected chi connectivity index (χ1v) is 8.50. The number of rotatable bonds is 9. The highest BCUT2D eigenvalue weighted by molar-refractivity contribution is 7.98. The first-order valence-electron chi connectivity index (χ1n) is 7.11. The Bertz CT molecular complexity index is 398. The Morgan fingerprint density at radius 2 is 2.15 bits per heavy atom. The maximum Gasteiger partial charge on any atom is 0.0587 e. The summed E-state index contributed by atoms with van der Waals surface area (Å²) in [4.78, 5) is 2.38. The minimum atomic E-state index is 0.533. The van der Waals surface area contributed by atoms with Crippen LogP contribution in [-0.4, -0.2) is 45.4 Å².